The number of nitrogens with one attached hydrogen (secondary N) is 1. The van der Waals surface area contributed by atoms with Crippen LogP contribution in [0.15, 0.2) is 48.5 Å². The van der Waals surface area contributed by atoms with Gasteiger partial charge in [0.1, 0.15) is 12.7 Å². The average Bonchev–Trinajstić information content (AvgIpc) is 2.66. The van der Waals surface area contributed by atoms with Gasteiger partial charge in [0.15, 0.2) is 11.5 Å². The van der Waals surface area contributed by atoms with Crippen LogP contribution in [0.1, 0.15) is 18.6 Å². The second kappa shape index (κ2) is 9.24. The molecule has 0 aromatic heterocycles. The molecule has 0 spiro atoms. The molecule has 0 radical (unpaired) electrons. The van der Waals surface area contributed by atoms with Crippen molar-refractivity contribution >= 4 is 11.6 Å². The van der Waals surface area contributed by atoms with Crippen molar-refractivity contribution in [1.82, 2.24) is 5.32 Å². The lowest BCUT2D eigenvalue weighted by atomic mass is 10.1. The van der Waals surface area contributed by atoms with Crippen LogP contribution in [0.4, 0.5) is 0 Å². The second-order valence-corrected chi connectivity index (χ2v) is 6.77. The first-order valence-corrected chi connectivity index (χ1v) is 9.14. The number of rotatable bonds is 8. The van der Waals surface area contributed by atoms with Gasteiger partial charge in [0.2, 0.25) is 0 Å². The molecular weight excluding hydrogens is 354 g/mol. The van der Waals surface area contributed by atoms with Crippen LogP contribution in [0.2, 0.25) is 5.02 Å². The summed E-state index contributed by atoms with van der Waals surface area (Å²) in [5, 5.41) is 14.0. The Balaban J connectivity index is 1.34. The Labute approximate surface area is 158 Å². The van der Waals surface area contributed by atoms with Crippen molar-refractivity contribution in [3.05, 3.63) is 59.1 Å². The number of hydrogen-bond donors (Lipinski definition) is 2. The zero-order chi connectivity index (χ0) is 18.4. The largest absolute Gasteiger partial charge is 0.486 e. The van der Waals surface area contributed by atoms with Crippen molar-refractivity contribution in [3.63, 3.8) is 0 Å². The Hall–Kier alpha value is -1.79. The summed E-state index contributed by atoms with van der Waals surface area (Å²) in [6.07, 6.45) is -0.777. The fraction of sp³-hybridized carbons (Fsp3) is 0.400. The predicted molar refractivity (Wildman–Crippen MR) is 101 cm³/mol. The molecule has 0 amide bonds. The highest BCUT2D eigenvalue weighted by atomic mass is 35.5. The molecule has 3 atom stereocenters. The van der Waals surface area contributed by atoms with Gasteiger partial charge in [-0.25, -0.2) is 0 Å². The summed E-state index contributed by atoms with van der Waals surface area (Å²) >= 11 is 5.88. The third kappa shape index (κ3) is 5.35. The Morgan fingerprint density at radius 3 is 2.69 bits per heavy atom. The van der Waals surface area contributed by atoms with E-state index in [1.165, 1.54) is 0 Å². The van der Waals surface area contributed by atoms with Crippen LogP contribution in [0.5, 0.6) is 11.5 Å². The van der Waals surface area contributed by atoms with Crippen molar-refractivity contribution in [1.29, 1.82) is 0 Å². The molecule has 1 heterocycles. The molecule has 26 heavy (non-hydrogen) atoms. The second-order valence-electron chi connectivity index (χ2n) is 6.34. The third-order valence-electron chi connectivity index (χ3n) is 4.20. The Bertz CT molecular complexity index is 694. The van der Waals surface area contributed by atoms with Crippen LogP contribution in [0.25, 0.3) is 0 Å². The first kappa shape index (κ1) is 19.0. The minimum atomic E-state index is -0.596. The van der Waals surface area contributed by atoms with E-state index in [4.69, 9.17) is 25.8 Å². The van der Waals surface area contributed by atoms with E-state index in [0.29, 0.717) is 24.7 Å². The van der Waals surface area contributed by atoms with E-state index in [1.807, 2.05) is 55.5 Å². The maximum atomic E-state index is 10.1. The monoisotopic (exact) mass is 377 g/mol. The molecule has 3 rings (SSSR count). The number of hydrogen-bond acceptors (Lipinski definition) is 5. The number of aliphatic hydroxyl groups is 1. The third-order valence-corrected chi connectivity index (χ3v) is 4.45. The fourth-order valence-electron chi connectivity index (χ4n) is 2.72. The summed E-state index contributed by atoms with van der Waals surface area (Å²) < 4.78 is 17.3. The van der Waals surface area contributed by atoms with Crippen molar-refractivity contribution < 1.29 is 19.3 Å². The molecule has 0 unspecified atom stereocenters. The molecule has 0 bridgehead atoms. The molecule has 6 heteroatoms. The van der Waals surface area contributed by atoms with E-state index in [9.17, 15) is 5.11 Å². The van der Waals surface area contributed by atoms with Crippen molar-refractivity contribution in [2.75, 3.05) is 26.3 Å². The molecule has 2 N–H and O–H groups in total. The van der Waals surface area contributed by atoms with Crippen molar-refractivity contribution in [2.24, 2.45) is 0 Å². The summed E-state index contributed by atoms with van der Waals surface area (Å²) in [5.74, 6) is 1.53. The molecule has 0 saturated carbocycles. The summed E-state index contributed by atoms with van der Waals surface area (Å²) in [6.45, 7) is 3.72. The zero-order valence-electron chi connectivity index (χ0n) is 14.7. The summed E-state index contributed by atoms with van der Waals surface area (Å²) in [5.41, 5.74) is 1.03. The maximum Gasteiger partial charge on any atom is 0.161 e. The minimum absolute atomic E-state index is 0.0778. The lowest BCUT2D eigenvalue weighted by molar-refractivity contribution is -0.00342. The number of halogens is 1. The van der Waals surface area contributed by atoms with Gasteiger partial charge in [0.25, 0.3) is 0 Å². The highest BCUT2D eigenvalue weighted by molar-refractivity contribution is 6.30. The molecular formula is C20H24ClNO4. The molecule has 140 valence electrons. The van der Waals surface area contributed by atoms with Gasteiger partial charge in [-0.2, -0.15) is 0 Å². The van der Waals surface area contributed by atoms with Gasteiger partial charge in [-0.05, 0) is 36.8 Å². The highest BCUT2D eigenvalue weighted by Crippen LogP contribution is 2.30. The van der Waals surface area contributed by atoms with E-state index < -0.39 is 6.10 Å². The minimum Gasteiger partial charge on any atom is -0.486 e. The average molecular weight is 378 g/mol. The molecule has 0 fully saturated rings. The van der Waals surface area contributed by atoms with Gasteiger partial charge in [-0.3, -0.25) is 0 Å². The Kier molecular flexibility index (Phi) is 6.74. The standard InChI is InChI=1S/C20H24ClNO4/c1-14(15-6-8-16(21)9-7-15)24-12-17(23)10-22-11-18-13-25-19-4-2-3-5-20(19)26-18/h2-9,14,17-18,22-23H,10-13H2,1H3/t14-,17-,18-/m1/s1. The number of aliphatic hydroxyl groups excluding tert-OH is 1. The van der Waals surface area contributed by atoms with E-state index in [0.717, 1.165) is 17.1 Å². The van der Waals surface area contributed by atoms with Crippen LogP contribution in [0.3, 0.4) is 0 Å². The predicted octanol–water partition coefficient (Wildman–Crippen LogP) is 3.21. The molecule has 1 aliphatic heterocycles. The van der Waals surface area contributed by atoms with Gasteiger partial charge in [0, 0.05) is 18.1 Å². The lowest BCUT2D eigenvalue weighted by Gasteiger charge is -2.27. The van der Waals surface area contributed by atoms with Crippen molar-refractivity contribution in [3.8, 4) is 11.5 Å². The zero-order valence-corrected chi connectivity index (χ0v) is 15.5. The topological polar surface area (TPSA) is 60.0 Å². The van der Waals surface area contributed by atoms with Gasteiger partial charge < -0.3 is 24.6 Å². The van der Waals surface area contributed by atoms with Crippen LogP contribution in [-0.4, -0.2) is 43.6 Å². The molecule has 5 nitrogen and oxygen atoms in total. The number of fused-ring (bicyclic) bond motifs is 1. The number of benzene rings is 2. The van der Waals surface area contributed by atoms with E-state index in [1.54, 1.807) is 0 Å². The first-order chi connectivity index (χ1) is 12.6. The molecule has 2 aromatic carbocycles. The molecule has 0 saturated heterocycles. The van der Waals surface area contributed by atoms with E-state index >= 15 is 0 Å². The van der Waals surface area contributed by atoms with Crippen LogP contribution in [0, 0.1) is 0 Å². The van der Waals surface area contributed by atoms with Crippen LogP contribution < -0.4 is 14.8 Å². The van der Waals surface area contributed by atoms with Gasteiger partial charge >= 0.3 is 0 Å². The van der Waals surface area contributed by atoms with Gasteiger partial charge in [-0.15, -0.1) is 0 Å². The summed E-state index contributed by atoms with van der Waals surface area (Å²) in [7, 11) is 0. The summed E-state index contributed by atoms with van der Waals surface area (Å²) in [4.78, 5) is 0. The maximum absolute atomic E-state index is 10.1. The fourth-order valence-corrected chi connectivity index (χ4v) is 2.84. The van der Waals surface area contributed by atoms with Crippen molar-refractivity contribution in [2.45, 2.75) is 25.2 Å². The quantitative estimate of drug-likeness (QED) is 0.739. The Morgan fingerprint density at radius 1 is 1.19 bits per heavy atom. The van der Waals surface area contributed by atoms with Crippen LogP contribution >= 0.6 is 11.6 Å². The molecule has 0 aliphatic carbocycles. The first-order valence-electron chi connectivity index (χ1n) is 8.76. The SMILES string of the molecule is C[C@@H](OC[C@H](O)CNC[C@@H]1COc2ccccc2O1)c1ccc(Cl)cc1. The normalized spacial score (nSPS) is 18.3. The smallest absolute Gasteiger partial charge is 0.161 e. The molecule has 2 aromatic rings. The van der Waals surface area contributed by atoms with Gasteiger partial charge in [0.05, 0.1) is 18.8 Å². The highest BCUT2D eigenvalue weighted by Gasteiger charge is 2.20. The van der Waals surface area contributed by atoms with E-state index in [2.05, 4.69) is 5.32 Å². The van der Waals surface area contributed by atoms with Crippen LogP contribution in [-0.2, 0) is 4.74 Å². The lowest BCUT2D eigenvalue weighted by Crippen LogP contribution is -2.41. The number of para-hydroxylation sites is 2. The summed E-state index contributed by atoms with van der Waals surface area (Å²) in [6, 6.07) is 15.1. The van der Waals surface area contributed by atoms with Gasteiger partial charge in [-0.1, -0.05) is 35.9 Å². The molecule has 1 aliphatic rings. The van der Waals surface area contributed by atoms with E-state index in [-0.39, 0.29) is 18.8 Å². The number of ether oxygens (including phenoxy) is 3. The Morgan fingerprint density at radius 2 is 1.92 bits per heavy atom.